The van der Waals surface area contributed by atoms with E-state index in [1.165, 1.54) is 14.2 Å². The van der Waals surface area contributed by atoms with E-state index in [1.54, 1.807) is 0 Å². The van der Waals surface area contributed by atoms with Crippen LogP contribution >= 0.6 is 0 Å². The molecule has 21 heavy (non-hydrogen) atoms. The highest BCUT2D eigenvalue weighted by atomic mass is 32.2. The summed E-state index contributed by atoms with van der Waals surface area (Å²) in [5.41, 5.74) is 0. The van der Waals surface area contributed by atoms with Crippen molar-refractivity contribution in [1.29, 1.82) is 0 Å². The summed E-state index contributed by atoms with van der Waals surface area (Å²) in [6.07, 6.45) is -5.99. The normalized spacial score (nSPS) is 12.2. The van der Waals surface area contributed by atoms with Gasteiger partial charge in [0, 0.05) is 0 Å². The number of ether oxygens (including phenoxy) is 2. The van der Waals surface area contributed by atoms with Crippen molar-refractivity contribution in [1.82, 2.24) is 19.7 Å². The van der Waals surface area contributed by atoms with Crippen LogP contribution in [0.25, 0.3) is 0 Å². The quantitative estimate of drug-likeness (QED) is 0.765. The first-order chi connectivity index (χ1) is 9.65. The zero-order valence-electron chi connectivity index (χ0n) is 11.1. The van der Waals surface area contributed by atoms with E-state index in [1.807, 2.05) is 4.72 Å². The molecule has 0 aliphatic rings. The molecular formula is C9H13F3N4O4S. The summed E-state index contributed by atoms with van der Waals surface area (Å²) in [5, 5.41) is 0. The number of rotatable bonds is 7. The highest BCUT2D eigenvalue weighted by Crippen LogP contribution is 2.19. The molecule has 0 radical (unpaired) electrons. The molecule has 0 spiro atoms. The van der Waals surface area contributed by atoms with Crippen molar-refractivity contribution >= 4 is 10.0 Å². The monoisotopic (exact) mass is 330 g/mol. The summed E-state index contributed by atoms with van der Waals surface area (Å²) in [5.74, 6) is -1.12. The van der Waals surface area contributed by atoms with Gasteiger partial charge >= 0.3 is 18.2 Å². The Morgan fingerprint density at radius 3 is 2.05 bits per heavy atom. The maximum Gasteiger partial charge on any atom is 0.390 e. The number of nitrogens with zero attached hydrogens (tertiary/aromatic N) is 3. The van der Waals surface area contributed by atoms with Crippen molar-refractivity contribution in [2.75, 3.05) is 20.0 Å². The second kappa shape index (κ2) is 6.85. The number of nitrogens with one attached hydrogen (secondary N) is 1. The van der Waals surface area contributed by atoms with E-state index >= 15 is 0 Å². The molecule has 0 fully saturated rings. The van der Waals surface area contributed by atoms with Crippen molar-refractivity contribution in [2.24, 2.45) is 0 Å². The summed E-state index contributed by atoms with van der Waals surface area (Å²) in [6, 6.07) is -0.210. The third-order valence-electron chi connectivity index (χ3n) is 2.11. The minimum atomic E-state index is -4.55. The fourth-order valence-electron chi connectivity index (χ4n) is 1.14. The molecule has 1 N–H and O–H groups in total. The molecule has 1 rings (SSSR count). The fourth-order valence-corrected chi connectivity index (χ4v) is 2.13. The van der Waals surface area contributed by atoms with Gasteiger partial charge in [-0.05, 0) is 0 Å². The number of alkyl halides is 3. The molecular weight excluding hydrogens is 317 g/mol. The van der Waals surface area contributed by atoms with Crippen LogP contribution in [0.2, 0.25) is 0 Å². The average molecular weight is 330 g/mol. The number of halogens is 3. The summed E-state index contributed by atoms with van der Waals surface area (Å²) in [4.78, 5) is 11.2. The number of hydrogen-bond acceptors (Lipinski definition) is 7. The van der Waals surface area contributed by atoms with E-state index in [0.29, 0.717) is 0 Å². The van der Waals surface area contributed by atoms with Gasteiger partial charge in [-0.3, -0.25) is 0 Å². The van der Waals surface area contributed by atoms with E-state index in [2.05, 4.69) is 15.0 Å². The smallest absolute Gasteiger partial charge is 0.390 e. The minimum absolute atomic E-state index is 0.0470. The lowest BCUT2D eigenvalue weighted by molar-refractivity contribution is -0.129. The third kappa shape index (κ3) is 6.53. The second-order valence-corrected chi connectivity index (χ2v) is 5.66. The molecule has 8 nitrogen and oxygen atoms in total. The van der Waals surface area contributed by atoms with Crippen molar-refractivity contribution < 1.29 is 31.1 Å². The molecule has 1 aromatic heterocycles. The van der Waals surface area contributed by atoms with Gasteiger partial charge in [0.2, 0.25) is 10.0 Å². The lowest BCUT2D eigenvalue weighted by Gasteiger charge is -2.09. The van der Waals surface area contributed by atoms with Gasteiger partial charge in [-0.15, -0.1) is 4.98 Å². The lowest BCUT2D eigenvalue weighted by atomic mass is 10.5. The van der Waals surface area contributed by atoms with Crippen LogP contribution in [-0.4, -0.2) is 49.5 Å². The van der Waals surface area contributed by atoms with Gasteiger partial charge in [0.05, 0.1) is 32.9 Å². The minimum Gasteiger partial charge on any atom is -0.467 e. The molecule has 1 heterocycles. The van der Waals surface area contributed by atoms with E-state index in [0.717, 1.165) is 0 Å². The highest BCUT2D eigenvalue weighted by molar-refractivity contribution is 7.89. The van der Waals surface area contributed by atoms with Crippen molar-refractivity contribution in [3.8, 4) is 12.0 Å². The first-order valence-electron chi connectivity index (χ1n) is 5.52. The predicted molar refractivity (Wildman–Crippen MR) is 64.2 cm³/mol. The molecule has 0 saturated carbocycles. The summed E-state index contributed by atoms with van der Waals surface area (Å²) >= 11 is 0. The molecule has 1 aromatic rings. The molecule has 0 atom stereocenters. The molecule has 0 aliphatic heterocycles. The van der Waals surface area contributed by atoms with Crippen molar-refractivity contribution in [2.45, 2.75) is 19.1 Å². The summed E-state index contributed by atoms with van der Waals surface area (Å²) in [7, 11) is -1.54. The van der Waals surface area contributed by atoms with E-state index in [4.69, 9.17) is 9.47 Å². The zero-order valence-corrected chi connectivity index (χ0v) is 12.0. The molecule has 12 heteroatoms. The summed E-state index contributed by atoms with van der Waals surface area (Å²) in [6.45, 7) is -0.407. The molecule has 0 amide bonds. The van der Waals surface area contributed by atoms with E-state index in [9.17, 15) is 21.6 Å². The molecule has 0 aliphatic carbocycles. The Labute approximate surface area is 118 Å². The zero-order chi connectivity index (χ0) is 16.1. The number of methoxy groups -OCH3 is 2. The largest absolute Gasteiger partial charge is 0.467 e. The van der Waals surface area contributed by atoms with Crippen molar-refractivity contribution in [3.05, 3.63) is 5.82 Å². The number of aromatic nitrogens is 3. The predicted octanol–water partition coefficient (Wildman–Crippen LogP) is 0.261. The third-order valence-corrected chi connectivity index (χ3v) is 3.44. The highest BCUT2D eigenvalue weighted by Gasteiger charge is 2.29. The van der Waals surface area contributed by atoms with Crippen LogP contribution in [0.4, 0.5) is 13.2 Å². The first-order valence-corrected chi connectivity index (χ1v) is 7.17. The van der Waals surface area contributed by atoms with Gasteiger partial charge < -0.3 is 9.47 Å². The van der Waals surface area contributed by atoms with Crippen molar-refractivity contribution in [3.63, 3.8) is 0 Å². The SMILES string of the molecule is COc1nc(CNS(=O)(=O)CCC(F)(F)F)nc(OC)n1. The van der Waals surface area contributed by atoms with Gasteiger partial charge in [-0.1, -0.05) is 0 Å². The number of sulfonamides is 1. The van der Waals surface area contributed by atoms with Crippen LogP contribution in [0.5, 0.6) is 12.0 Å². The molecule has 0 aromatic carbocycles. The van der Waals surface area contributed by atoms with Gasteiger partial charge in [-0.2, -0.15) is 23.1 Å². The van der Waals surface area contributed by atoms with Crippen LogP contribution in [-0.2, 0) is 16.6 Å². The van der Waals surface area contributed by atoms with Gasteiger partial charge in [-0.25, -0.2) is 13.1 Å². The maximum absolute atomic E-state index is 12.0. The Hall–Kier alpha value is -1.69. The van der Waals surface area contributed by atoms with Gasteiger partial charge in [0.1, 0.15) is 0 Å². The van der Waals surface area contributed by atoms with Gasteiger partial charge in [0.15, 0.2) is 5.82 Å². The molecule has 0 unspecified atom stereocenters. The van der Waals surface area contributed by atoms with Crippen LogP contribution in [0, 0.1) is 0 Å². The molecule has 0 bridgehead atoms. The van der Waals surface area contributed by atoms with Gasteiger partial charge in [0.25, 0.3) is 0 Å². The van der Waals surface area contributed by atoms with E-state index in [-0.39, 0.29) is 17.8 Å². The average Bonchev–Trinajstić information content (AvgIpc) is 2.42. The Balaban J connectivity index is 2.70. The Morgan fingerprint density at radius 1 is 1.10 bits per heavy atom. The number of hydrogen-bond donors (Lipinski definition) is 1. The molecule has 0 saturated heterocycles. The summed E-state index contributed by atoms with van der Waals surface area (Å²) < 4.78 is 70.3. The van der Waals surface area contributed by atoms with Crippen LogP contribution in [0.1, 0.15) is 12.2 Å². The first kappa shape index (κ1) is 17.4. The Bertz CT molecular complexity index is 557. The Kier molecular flexibility index (Phi) is 5.66. The maximum atomic E-state index is 12.0. The van der Waals surface area contributed by atoms with Crippen LogP contribution in [0.3, 0.4) is 0 Å². The van der Waals surface area contributed by atoms with Crippen LogP contribution < -0.4 is 14.2 Å². The standard InChI is InChI=1S/C9H13F3N4O4S/c1-19-7-14-6(15-8(16-7)20-2)5-13-21(17,18)4-3-9(10,11)12/h13H,3-5H2,1-2H3. The van der Waals surface area contributed by atoms with E-state index < -0.39 is 34.9 Å². The fraction of sp³-hybridized carbons (Fsp3) is 0.667. The second-order valence-electron chi connectivity index (χ2n) is 3.73. The Morgan fingerprint density at radius 2 is 1.62 bits per heavy atom. The molecule has 120 valence electrons. The topological polar surface area (TPSA) is 103 Å². The van der Waals surface area contributed by atoms with Crippen LogP contribution in [0.15, 0.2) is 0 Å². The lowest BCUT2D eigenvalue weighted by Crippen LogP contribution is -2.29.